The smallest absolute Gasteiger partial charge is 0.349 e. The lowest BCUT2D eigenvalue weighted by molar-refractivity contribution is -0.156. The Morgan fingerprint density at radius 2 is 1.75 bits per heavy atom. The summed E-state index contributed by atoms with van der Waals surface area (Å²) in [6, 6.07) is 9.12. The number of urea groups is 1. The van der Waals surface area contributed by atoms with Crippen molar-refractivity contribution in [2.45, 2.75) is 58.1 Å². The summed E-state index contributed by atoms with van der Waals surface area (Å²) >= 11 is 0. The second-order valence-corrected chi connectivity index (χ2v) is 11.2. The number of carbonyl (C=O) groups excluding carboxylic acids is 3. The number of piperidine rings is 1. The molecule has 2 aliphatic rings. The van der Waals surface area contributed by atoms with Crippen LogP contribution < -0.4 is 14.4 Å². The van der Waals surface area contributed by atoms with Crippen LogP contribution in [0.3, 0.4) is 0 Å². The summed E-state index contributed by atoms with van der Waals surface area (Å²) in [6.07, 6.45) is 3.11. The number of imide groups is 1. The maximum Gasteiger partial charge on any atom is 0.349 e. The van der Waals surface area contributed by atoms with Crippen molar-refractivity contribution in [3.05, 3.63) is 42.1 Å². The Labute approximate surface area is 235 Å². The fourth-order valence-corrected chi connectivity index (χ4v) is 5.30. The van der Waals surface area contributed by atoms with Crippen molar-refractivity contribution in [1.82, 2.24) is 19.8 Å². The Kier molecular flexibility index (Phi) is 8.51. The topological polar surface area (TPSA) is 114 Å². The average Bonchev–Trinajstić information content (AvgIpc) is 3.12. The molecule has 2 saturated heterocycles. The second kappa shape index (κ2) is 11.7. The van der Waals surface area contributed by atoms with Gasteiger partial charge in [0, 0.05) is 38.4 Å². The number of hydrogen-bond donors (Lipinski definition) is 0. The average molecular weight is 554 g/mol. The van der Waals surface area contributed by atoms with E-state index in [1.54, 1.807) is 38.1 Å². The first-order valence-electron chi connectivity index (χ1n) is 13.6. The Morgan fingerprint density at radius 3 is 2.35 bits per heavy atom. The highest BCUT2D eigenvalue weighted by molar-refractivity contribution is 6.07. The zero-order valence-electron chi connectivity index (χ0n) is 24.2. The van der Waals surface area contributed by atoms with E-state index in [1.165, 1.54) is 12.0 Å². The van der Waals surface area contributed by atoms with Gasteiger partial charge in [-0.25, -0.2) is 14.6 Å². The quantitative estimate of drug-likeness (QED) is 0.323. The summed E-state index contributed by atoms with van der Waals surface area (Å²) < 4.78 is 15.9. The molecule has 0 N–H and O–H groups in total. The summed E-state index contributed by atoms with van der Waals surface area (Å²) in [5.41, 5.74) is -1.06. The van der Waals surface area contributed by atoms with Gasteiger partial charge in [0.05, 0.1) is 14.2 Å². The number of nitrogens with zero attached hydrogens (tertiary/aromatic N) is 5. The number of aromatic nitrogens is 2. The van der Waals surface area contributed by atoms with Crippen LogP contribution in [0.2, 0.25) is 0 Å². The molecule has 1 aromatic heterocycles. The van der Waals surface area contributed by atoms with Crippen LogP contribution in [-0.2, 0) is 20.7 Å². The van der Waals surface area contributed by atoms with Crippen molar-refractivity contribution in [2.24, 2.45) is 5.92 Å². The minimum absolute atomic E-state index is 0.126. The number of methoxy groups -OCH3 is 2. The second-order valence-electron chi connectivity index (χ2n) is 11.2. The summed E-state index contributed by atoms with van der Waals surface area (Å²) in [5.74, 6) is 0.979. The third kappa shape index (κ3) is 5.83. The highest BCUT2D eigenvalue weighted by atomic mass is 16.6. The molecular weight excluding hydrogens is 514 g/mol. The summed E-state index contributed by atoms with van der Waals surface area (Å²) in [5, 5.41) is 0. The zero-order chi connectivity index (χ0) is 29.1. The maximum absolute atomic E-state index is 13.8. The van der Waals surface area contributed by atoms with Gasteiger partial charge in [-0.15, -0.1) is 0 Å². The van der Waals surface area contributed by atoms with Crippen LogP contribution >= 0.6 is 0 Å². The van der Waals surface area contributed by atoms with E-state index < -0.39 is 17.1 Å². The van der Waals surface area contributed by atoms with Crippen LogP contribution in [0, 0.1) is 5.92 Å². The molecule has 3 amide bonds. The van der Waals surface area contributed by atoms with Crippen LogP contribution in [0.5, 0.6) is 11.6 Å². The van der Waals surface area contributed by atoms with Crippen LogP contribution in [0.1, 0.15) is 46.1 Å². The van der Waals surface area contributed by atoms with E-state index in [-0.39, 0.29) is 23.7 Å². The molecular formula is C29H39N5O6. The Balaban J connectivity index is 1.51. The van der Waals surface area contributed by atoms with Crippen LogP contribution in [0.15, 0.2) is 36.5 Å². The van der Waals surface area contributed by atoms with E-state index in [9.17, 15) is 14.4 Å². The number of hydrogen-bond acceptors (Lipinski definition) is 9. The number of carbonyl (C=O) groups is 3. The molecule has 2 aromatic rings. The minimum atomic E-state index is -1.22. The highest BCUT2D eigenvalue weighted by Gasteiger charge is 2.57. The molecule has 11 nitrogen and oxygen atoms in total. The minimum Gasteiger partial charge on any atom is -0.497 e. The van der Waals surface area contributed by atoms with Gasteiger partial charge in [-0.2, -0.15) is 4.98 Å². The maximum atomic E-state index is 13.8. The van der Waals surface area contributed by atoms with Gasteiger partial charge in [-0.05, 0) is 56.7 Å². The fraction of sp³-hybridized carbons (Fsp3) is 0.552. The molecule has 2 aliphatic heterocycles. The van der Waals surface area contributed by atoms with Crippen LogP contribution in [-0.4, -0.2) is 89.2 Å². The van der Waals surface area contributed by atoms with Crippen LogP contribution in [0.4, 0.5) is 10.7 Å². The van der Waals surface area contributed by atoms with Crippen LogP contribution in [0.25, 0.3) is 0 Å². The molecule has 0 radical (unpaired) electrons. The third-order valence-electron chi connectivity index (χ3n) is 7.48. The normalized spacial score (nSPS) is 17.1. The lowest BCUT2D eigenvalue weighted by atomic mass is 9.85. The summed E-state index contributed by atoms with van der Waals surface area (Å²) in [7, 11) is 2.93. The number of amides is 3. The number of benzene rings is 1. The van der Waals surface area contributed by atoms with Crippen molar-refractivity contribution in [1.29, 1.82) is 0 Å². The fourth-order valence-electron chi connectivity index (χ4n) is 5.30. The Morgan fingerprint density at radius 1 is 1.07 bits per heavy atom. The third-order valence-corrected chi connectivity index (χ3v) is 7.48. The predicted octanol–water partition coefficient (Wildman–Crippen LogP) is 3.32. The number of anilines is 1. The standard InChI is InChI=1S/C29H39N5O6/c1-20(2)19-33-24(35)29(34(27(33)37)16-12-21-7-9-22(38-5)10-8-21)13-17-32(18-14-29)26-30-15-11-23(31-26)40-28(3,4)25(36)39-6/h7-11,15,20H,12-14,16-19H2,1-6H3. The van der Waals surface area contributed by atoms with E-state index >= 15 is 0 Å². The molecule has 216 valence electrons. The monoisotopic (exact) mass is 553 g/mol. The molecule has 0 saturated carbocycles. The Hall–Kier alpha value is -3.89. The number of ether oxygens (including phenoxy) is 3. The highest BCUT2D eigenvalue weighted by Crippen LogP contribution is 2.38. The number of esters is 1. The molecule has 4 rings (SSSR count). The van der Waals surface area contributed by atoms with E-state index in [2.05, 4.69) is 9.97 Å². The SMILES string of the molecule is COC(=O)C(C)(C)Oc1ccnc(N2CCC3(CC2)C(=O)N(CC(C)C)C(=O)N3CCc2ccc(OC)cc2)n1. The predicted molar refractivity (Wildman–Crippen MR) is 148 cm³/mol. The van der Waals surface area contributed by atoms with Gasteiger partial charge in [0.15, 0.2) is 0 Å². The molecule has 11 heteroatoms. The summed E-state index contributed by atoms with van der Waals surface area (Å²) in [6.45, 7) is 9.02. The molecule has 0 unspecified atom stereocenters. The largest absolute Gasteiger partial charge is 0.497 e. The Bertz CT molecular complexity index is 1220. The van der Waals surface area contributed by atoms with Gasteiger partial charge in [0.1, 0.15) is 11.3 Å². The molecule has 0 aliphatic carbocycles. The first kappa shape index (κ1) is 29.1. The molecule has 0 atom stereocenters. The molecule has 3 heterocycles. The van der Waals surface area contributed by atoms with Gasteiger partial charge < -0.3 is 24.0 Å². The van der Waals surface area contributed by atoms with E-state index in [4.69, 9.17) is 14.2 Å². The molecule has 1 spiro atoms. The van der Waals surface area contributed by atoms with Crippen molar-refractivity contribution >= 4 is 23.9 Å². The van der Waals surface area contributed by atoms with Crippen molar-refractivity contribution in [3.8, 4) is 11.6 Å². The lowest BCUT2D eigenvalue weighted by Crippen LogP contribution is -2.57. The van der Waals surface area contributed by atoms with Gasteiger partial charge in [-0.3, -0.25) is 9.69 Å². The van der Waals surface area contributed by atoms with Gasteiger partial charge >= 0.3 is 12.0 Å². The van der Waals surface area contributed by atoms with Gasteiger partial charge in [0.2, 0.25) is 17.4 Å². The number of rotatable bonds is 10. The van der Waals surface area contributed by atoms with E-state index in [0.29, 0.717) is 51.4 Å². The van der Waals surface area contributed by atoms with Crippen molar-refractivity contribution in [3.63, 3.8) is 0 Å². The van der Waals surface area contributed by atoms with Crippen molar-refractivity contribution in [2.75, 3.05) is 45.3 Å². The van der Waals surface area contributed by atoms with Gasteiger partial charge in [0.25, 0.3) is 5.91 Å². The first-order chi connectivity index (χ1) is 19.0. The van der Waals surface area contributed by atoms with Crippen molar-refractivity contribution < 1.29 is 28.6 Å². The van der Waals surface area contributed by atoms with E-state index in [1.807, 2.05) is 43.0 Å². The molecule has 2 fully saturated rings. The van der Waals surface area contributed by atoms with Gasteiger partial charge in [-0.1, -0.05) is 26.0 Å². The molecule has 1 aromatic carbocycles. The first-order valence-corrected chi connectivity index (χ1v) is 13.6. The zero-order valence-corrected chi connectivity index (χ0v) is 24.2. The molecule has 0 bridgehead atoms. The lowest BCUT2D eigenvalue weighted by Gasteiger charge is -2.42. The molecule has 40 heavy (non-hydrogen) atoms. The summed E-state index contributed by atoms with van der Waals surface area (Å²) in [4.78, 5) is 53.5. The van der Waals surface area contributed by atoms with E-state index in [0.717, 1.165) is 11.3 Å².